The Hall–Kier alpha value is -6.86. The predicted octanol–water partition coefficient (Wildman–Crippen LogP) is 11.4. The van der Waals surface area contributed by atoms with Gasteiger partial charge in [0.1, 0.15) is 0 Å². The highest BCUT2D eigenvalue weighted by Crippen LogP contribution is 2.48. The molecule has 6 aromatic rings. The average Bonchev–Trinajstić information content (AvgIpc) is 3.18. The molecule has 0 unspecified atom stereocenters. The maximum atomic E-state index is 12.8. The van der Waals surface area contributed by atoms with Crippen LogP contribution in [0.5, 0.6) is 0 Å². The molecule has 272 valence electrons. The smallest absolute Gasteiger partial charge is 0.159 e. The topological polar surface area (TPSA) is 106 Å². The molecule has 55 heavy (non-hydrogen) atoms. The van der Waals surface area contributed by atoms with Gasteiger partial charge in [-0.3, -0.25) is 28.8 Å². The average molecular weight is 726 g/mol. The number of ketones is 6. The van der Waals surface area contributed by atoms with E-state index in [-0.39, 0.29) is 34.7 Å². The van der Waals surface area contributed by atoms with E-state index in [1.807, 2.05) is 72.8 Å². The van der Waals surface area contributed by atoms with Crippen LogP contribution in [0.4, 0.5) is 17.1 Å². The zero-order valence-electron chi connectivity index (χ0n) is 31.5. The number of rotatable bonds is 12. The van der Waals surface area contributed by atoms with Crippen molar-refractivity contribution < 1.29 is 28.8 Å². The van der Waals surface area contributed by atoms with Crippen LogP contribution in [-0.4, -0.2) is 34.7 Å². The number of hydrogen-bond donors (Lipinski definition) is 0. The molecule has 7 nitrogen and oxygen atoms in total. The van der Waals surface area contributed by atoms with E-state index < -0.39 is 0 Å². The molecule has 0 atom stereocenters. The van der Waals surface area contributed by atoms with Gasteiger partial charge in [-0.2, -0.15) is 0 Å². The number of nitrogens with zero attached hydrogens (tertiary/aromatic N) is 1. The zero-order chi connectivity index (χ0) is 39.6. The van der Waals surface area contributed by atoms with Crippen LogP contribution in [0.25, 0.3) is 33.4 Å². The van der Waals surface area contributed by atoms with Crippen LogP contribution < -0.4 is 4.90 Å². The normalized spacial score (nSPS) is 10.8. The van der Waals surface area contributed by atoms with Gasteiger partial charge in [0.15, 0.2) is 34.7 Å². The SMILES string of the molecule is CC(=O)c1cc(C(C)=O)cc(-c2ccccc2N(c2ccccc2-c2cc(C(C)=O)cc(C(C)=O)c2)c2ccccc2-c2cc(C(C)=O)cc(C(C)=O)c2)c1. The molecule has 0 aromatic heterocycles. The van der Waals surface area contributed by atoms with Gasteiger partial charge in [-0.15, -0.1) is 0 Å². The van der Waals surface area contributed by atoms with Crippen LogP contribution in [0, 0.1) is 0 Å². The minimum absolute atomic E-state index is 0.187. The highest BCUT2D eigenvalue weighted by Gasteiger charge is 2.25. The zero-order valence-corrected chi connectivity index (χ0v) is 31.5. The number of anilines is 3. The molecule has 6 rings (SSSR count). The number of benzene rings is 6. The van der Waals surface area contributed by atoms with Crippen LogP contribution in [0.1, 0.15) is 104 Å². The molecule has 7 heteroatoms. The molecule has 0 saturated carbocycles. The highest BCUT2D eigenvalue weighted by molar-refractivity contribution is 6.06. The quantitative estimate of drug-likeness (QED) is 0.116. The Bertz CT molecular complexity index is 2200. The molecular formula is C48H39NO6. The Balaban J connectivity index is 1.74. The number of para-hydroxylation sites is 3. The molecule has 0 saturated heterocycles. The monoisotopic (exact) mass is 725 g/mol. The fourth-order valence-corrected chi connectivity index (χ4v) is 6.70. The lowest BCUT2D eigenvalue weighted by molar-refractivity contribution is 0.0998. The number of hydrogen-bond acceptors (Lipinski definition) is 7. The summed E-state index contributed by atoms with van der Waals surface area (Å²) in [6.45, 7) is 8.77. The summed E-state index contributed by atoms with van der Waals surface area (Å²) in [7, 11) is 0. The largest absolute Gasteiger partial charge is 0.309 e. The summed E-state index contributed by atoms with van der Waals surface area (Å²) in [5, 5.41) is 0. The van der Waals surface area contributed by atoms with Crippen molar-refractivity contribution in [1.29, 1.82) is 0 Å². The van der Waals surface area contributed by atoms with Gasteiger partial charge in [0.05, 0.1) is 17.1 Å². The molecule has 0 aliphatic carbocycles. The summed E-state index contributed by atoms with van der Waals surface area (Å²) >= 11 is 0. The number of Topliss-reactive ketones (excluding diaryl/α,β-unsaturated/α-hetero) is 6. The van der Waals surface area contributed by atoms with Crippen LogP contribution in [0.3, 0.4) is 0 Å². The van der Waals surface area contributed by atoms with Gasteiger partial charge in [0.2, 0.25) is 0 Å². The van der Waals surface area contributed by atoms with E-state index in [1.165, 1.54) is 41.5 Å². The van der Waals surface area contributed by atoms with Gasteiger partial charge in [-0.25, -0.2) is 0 Å². The van der Waals surface area contributed by atoms with Crippen molar-refractivity contribution in [2.75, 3.05) is 4.90 Å². The predicted molar refractivity (Wildman–Crippen MR) is 217 cm³/mol. The van der Waals surface area contributed by atoms with Gasteiger partial charge in [0.25, 0.3) is 0 Å². The van der Waals surface area contributed by atoms with Crippen molar-refractivity contribution in [3.8, 4) is 33.4 Å². The molecule has 0 radical (unpaired) electrons. The first-order valence-electron chi connectivity index (χ1n) is 17.8. The minimum atomic E-state index is -0.187. The van der Waals surface area contributed by atoms with Crippen molar-refractivity contribution in [3.05, 3.63) is 161 Å². The van der Waals surface area contributed by atoms with Gasteiger partial charge in [0, 0.05) is 50.1 Å². The van der Waals surface area contributed by atoms with E-state index in [4.69, 9.17) is 0 Å². The fourth-order valence-electron chi connectivity index (χ4n) is 6.70. The summed E-state index contributed by atoms with van der Waals surface area (Å²) in [5.74, 6) is -1.12. The third-order valence-corrected chi connectivity index (χ3v) is 9.61. The molecule has 6 aromatic carbocycles. The maximum absolute atomic E-state index is 12.8. The van der Waals surface area contributed by atoms with Gasteiger partial charge < -0.3 is 4.90 Å². The van der Waals surface area contributed by atoms with E-state index in [2.05, 4.69) is 4.90 Å². The molecule has 0 bridgehead atoms. The van der Waals surface area contributed by atoms with Gasteiger partial charge in [-0.1, -0.05) is 54.6 Å². The summed E-state index contributed by atoms with van der Waals surface area (Å²) in [6.07, 6.45) is 0. The molecule has 0 heterocycles. The number of carbonyl (C=O) groups excluding carboxylic acids is 6. The molecule has 0 aliphatic heterocycles. The molecule has 0 spiro atoms. The van der Waals surface area contributed by atoms with Crippen molar-refractivity contribution in [3.63, 3.8) is 0 Å². The van der Waals surface area contributed by atoms with E-state index in [1.54, 1.807) is 54.6 Å². The Labute approximate surface area is 320 Å². The Kier molecular flexibility index (Phi) is 10.8. The van der Waals surface area contributed by atoms with Crippen LogP contribution in [-0.2, 0) is 0 Å². The van der Waals surface area contributed by atoms with Crippen molar-refractivity contribution in [2.24, 2.45) is 0 Å². The molecule has 0 amide bonds. The second kappa shape index (κ2) is 15.6. The summed E-state index contributed by atoms with van der Waals surface area (Å²) in [6, 6.07) is 38.4. The molecular weight excluding hydrogens is 687 g/mol. The summed E-state index contributed by atoms with van der Waals surface area (Å²) < 4.78 is 0. The lowest BCUT2D eigenvalue weighted by atomic mass is 9.92. The fraction of sp³-hybridized carbons (Fsp3) is 0.125. The van der Waals surface area contributed by atoms with Crippen molar-refractivity contribution in [2.45, 2.75) is 41.5 Å². The maximum Gasteiger partial charge on any atom is 0.159 e. The van der Waals surface area contributed by atoms with Crippen LogP contribution in [0.2, 0.25) is 0 Å². The lowest BCUT2D eigenvalue weighted by Crippen LogP contribution is -2.14. The molecule has 0 aliphatic rings. The van der Waals surface area contributed by atoms with E-state index >= 15 is 0 Å². The first-order valence-corrected chi connectivity index (χ1v) is 17.8. The second-order valence-electron chi connectivity index (χ2n) is 13.6. The van der Waals surface area contributed by atoms with Crippen molar-refractivity contribution >= 4 is 51.8 Å². The lowest BCUT2D eigenvalue weighted by Gasteiger charge is -2.32. The minimum Gasteiger partial charge on any atom is -0.309 e. The van der Waals surface area contributed by atoms with Crippen LogP contribution in [0.15, 0.2) is 127 Å². The first-order chi connectivity index (χ1) is 26.2. The standard InChI is InChI=1S/C48H39NO6/c1-28(50)34-19-35(29(2)51)23-40(22-34)43-13-7-10-16-46(43)49(47-17-11-8-14-44(47)41-24-36(30(3)52)20-37(25-41)31(4)53)48-18-12-9-15-45(48)42-26-38(32(5)54)21-39(27-42)33(6)55/h7-27H,1-6H3. The van der Waals surface area contributed by atoms with E-state index in [9.17, 15) is 28.8 Å². The van der Waals surface area contributed by atoms with E-state index in [0.717, 1.165) is 0 Å². The molecule has 0 N–H and O–H groups in total. The van der Waals surface area contributed by atoms with E-state index in [0.29, 0.717) is 83.8 Å². The molecule has 0 fully saturated rings. The highest BCUT2D eigenvalue weighted by atomic mass is 16.1. The Morgan fingerprint density at radius 3 is 0.709 bits per heavy atom. The van der Waals surface area contributed by atoms with Crippen molar-refractivity contribution in [1.82, 2.24) is 0 Å². The second-order valence-corrected chi connectivity index (χ2v) is 13.6. The summed E-state index contributed by atoms with van der Waals surface area (Å²) in [4.78, 5) is 78.6. The number of carbonyl (C=O) groups is 6. The van der Waals surface area contributed by atoms with Gasteiger partial charge >= 0.3 is 0 Å². The van der Waals surface area contributed by atoms with Crippen LogP contribution >= 0.6 is 0 Å². The third kappa shape index (κ3) is 7.92. The third-order valence-electron chi connectivity index (χ3n) is 9.61. The Morgan fingerprint density at radius 1 is 0.309 bits per heavy atom. The Morgan fingerprint density at radius 2 is 0.509 bits per heavy atom. The van der Waals surface area contributed by atoms with Gasteiger partial charge in [-0.05, 0) is 131 Å². The first kappa shape index (κ1) is 37.9. The summed E-state index contributed by atoms with van der Waals surface area (Å²) in [5.41, 5.74) is 8.44.